The van der Waals surface area contributed by atoms with Crippen LogP contribution in [-0.4, -0.2) is 16.1 Å². The van der Waals surface area contributed by atoms with Crippen LogP contribution in [0, 0.1) is 0 Å². The van der Waals surface area contributed by atoms with Crippen LogP contribution in [-0.2, 0) is 0 Å². The zero-order valence-electron chi connectivity index (χ0n) is 11.9. The molecule has 3 rings (SSSR count). The maximum Gasteiger partial charge on any atom is 0.272 e. The highest BCUT2D eigenvalue weighted by Crippen LogP contribution is 2.36. The largest absolute Gasteiger partial charge is 0.272 e. The molecule has 2 amide bonds. The molecular formula is C17H15NO2S. The van der Waals surface area contributed by atoms with E-state index in [-0.39, 0.29) is 11.8 Å². The number of hydrogen-bond donors (Lipinski definition) is 0. The highest BCUT2D eigenvalue weighted by atomic mass is 32.2. The molecule has 0 saturated heterocycles. The molecule has 0 radical (unpaired) electrons. The fourth-order valence-corrected chi connectivity index (χ4v) is 3.50. The molecule has 1 heterocycles. The molecule has 0 unspecified atom stereocenters. The standard InChI is InChI=1S/C17H15NO2S/c1-11(2)12-7-5-6-10-15(12)21-18-16(19)13-8-3-4-9-14(13)17(18)20/h3-11H,1-2H3. The van der Waals surface area contributed by atoms with Gasteiger partial charge in [0.25, 0.3) is 11.8 Å². The number of carbonyl (C=O) groups excluding carboxylic acids is 2. The van der Waals surface area contributed by atoms with Gasteiger partial charge in [0.05, 0.1) is 11.1 Å². The minimum Gasteiger partial charge on any atom is -0.268 e. The zero-order chi connectivity index (χ0) is 15.0. The second-order valence-corrected chi connectivity index (χ2v) is 6.22. The van der Waals surface area contributed by atoms with Crippen LogP contribution in [0.1, 0.15) is 46.0 Å². The van der Waals surface area contributed by atoms with Gasteiger partial charge < -0.3 is 0 Å². The van der Waals surface area contributed by atoms with Gasteiger partial charge in [-0.3, -0.25) is 9.59 Å². The molecule has 1 aliphatic rings. The minimum atomic E-state index is -0.237. The maximum absolute atomic E-state index is 12.4. The molecule has 0 saturated carbocycles. The van der Waals surface area contributed by atoms with Crippen LogP contribution < -0.4 is 0 Å². The zero-order valence-corrected chi connectivity index (χ0v) is 12.7. The van der Waals surface area contributed by atoms with Crippen molar-refractivity contribution in [3.8, 4) is 0 Å². The SMILES string of the molecule is CC(C)c1ccccc1SN1C(=O)c2ccccc2C1=O. The molecule has 2 aromatic carbocycles. The Morgan fingerprint density at radius 2 is 1.38 bits per heavy atom. The van der Waals surface area contributed by atoms with Crippen LogP contribution in [0.3, 0.4) is 0 Å². The van der Waals surface area contributed by atoms with Crippen LogP contribution in [0.25, 0.3) is 0 Å². The Balaban J connectivity index is 1.95. The summed E-state index contributed by atoms with van der Waals surface area (Å²) in [5, 5.41) is 0. The number of imide groups is 1. The Kier molecular flexibility index (Phi) is 3.55. The number of benzene rings is 2. The predicted octanol–water partition coefficient (Wildman–Crippen LogP) is 4.11. The van der Waals surface area contributed by atoms with Crippen LogP contribution in [0.15, 0.2) is 53.4 Å². The fourth-order valence-electron chi connectivity index (χ4n) is 2.39. The lowest BCUT2D eigenvalue weighted by atomic mass is 10.0. The molecule has 0 atom stereocenters. The van der Waals surface area contributed by atoms with E-state index in [0.29, 0.717) is 17.0 Å². The number of nitrogens with zero attached hydrogens (tertiary/aromatic N) is 1. The van der Waals surface area contributed by atoms with E-state index in [2.05, 4.69) is 13.8 Å². The van der Waals surface area contributed by atoms with E-state index >= 15 is 0 Å². The van der Waals surface area contributed by atoms with Crippen molar-refractivity contribution in [2.45, 2.75) is 24.7 Å². The molecule has 3 nitrogen and oxygen atoms in total. The van der Waals surface area contributed by atoms with Crippen molar-refractivity contribution in [2.75, 3.05) is 0 Å². The summed E-state index contributed by atoms with van der Waals surface area (Å²) >= 11 is 1.21. The first-order chi connectivity index (χ1) is 10.1. The summed E-state index contributed by atoms with van der Waals surface area (Å²) in [4.78, 5) is 25.7. The van der Waals surface area contributed by atoms with E-state index in [9.17, 15) is 9.59 Å². The molecule has 4 heteroatoms. The second-order valence-electron chi connectivity index (χ2n) is 5.23. The van der Waals surface area contributed by atoms with Crippen molar-refractivity contribution in [3.63, 3.8) is 0 Å². The number of amides is 2. The number of carbonyl (C=O) groups is 2. The summed E-state index contributed by atoms with van der Waals surface area (Å²) in [7, 11) is 0. The van der Waals surface area contributed by atoms with E-state index in [4.69, 9.17) is 0 Å². The average Bonchev–Trinajstić information content (AvgIpc) is 2.73. The Morgan fingerprint density at radius 1 is 0.857 bits per heavy atom. The molecule has 0 fully saturated rings. The Hall–Kier alpha value is -2.07. The first kappa shape index (κ1) is 13.9. The normalized spacial score (nSPS) is 14.0. The van der Waals surface area contributed by atoms with Crippen molar-refractivity contribution in [3.05, 3.63) is 65.2 Å². The summed E-state index contributed by atoms with van der Waals surface area (Å²) in [5.41, 5.74) is 2.10. The van der Waals surface area contributed by atoms with Gasteiger partial charge in [0.1, 0.15) is 0 Å². The lowest BCUT2D eigenvalue weighted by Gasteiger charge is -2.16. The maximum atomic E-state index is 12.4. The van der Waals surface area contributed by atoms with Gasteiger partial charge in [-0.25, -0.2) is 4.31 Å². The molecule has 21 heavy (non-hydrogen) atoms. The van der Waals surface area contributed by atoms with Crippen molar-refractivity contribution in [1.82, 2.24) is 4.31 Å². The van der Waals surface area contributed by atoms with Crippen molar-refractivity contribution in [1.29, 1.82) is 0 Å². The monoisotopic (exact) mass is 297 g/mol. The predicted molar refractivity (Wildman–Crippen MR) is 83.3 cm³/mol. The van der Waals surface area contributed by atoms with E-state index in [1.807, 2.05) is 24.3 Å². The number of hydrogen-bond acceptors (Lipinski definition) is 3. The first-order valence-corrected chi connectivity index (χ1v) is 7.61. The molecule has 106 valence electrons. The molecule has 2 aromatic rings. The molecule has 0 aromatic heterocycles. The van der Waals surface area contributed by atoms with Gasteiger partial charge in [-0.05, 0) is 41.6 Å². The molecule has 1 aliphatic heterocycles. The van der Waals surface area contributed by atoms with Crippen LogP contribution in [0.4, 0.5) is 0 Å². The number of rotatable bonds is 3. The highest BCUT2D eigenvalue weighted by molar-refractivity contribution is 7.98. The summed E-state index contributed by atoms with van der Waals surface area (Å²) in [6, 6.07) is 14.8. The van der Waals surface area contributed by atoms with Crippen molar-refractivity contribution in [2.24, 2.45) is 0 Å². The average molecular weight is 297 g/mol. The van der Waals surface area contributed by atoms with Gasteiger partial charge in [-0.1, -0.05) is 44.2 Å². The molecule has 0 aliphatic carbocycles. The van der Waals surface area contributed by atoms with Crippen LogP contribution >= 0.6 is 11.9 Å². The van der Waals surface area contributed by atoms with Gasteiger partial charge in [0.2, 0.25) is 0 Å². The highest BCUT2D eigenvalue weighted by Gasteiger charge is 2.36. The molecule has 0 N–H and O–H groups in total. The summed E-state index contributed by atoms with van der Waals surface area (Å²) < 4.78 is 1.26. The number of fused-ring (bicyclic) bond motifs is 1. The van der Waals surface area contributed by atoms with Gasteiger partial charge in [0, 0.05) is 4.90 Å². The van der Waals surface area contributed by atoms with E-state index < -0.39 is 0 Å². The van der Waals surface area contributed by atoms with Gasteiger partial charge >= 0.3 is 0 Å². The van der Waals surface area contributed by atoms with E-state index in [1.165, 1.54) is 16.3 Å². The minimum absolute atomic E-state index is 0.237. The van der Waals surface area contributed by atoms with Gasteiger partial charge in [0.15, 0.2) is 0 Å². The summed E-state index contributed by atoms with van der Waals surface area (Å²) in [6.45, 7) is 4.20. The summed E-state index contributed by atoms with van der Waals surface area (Å²) in [6.07, 6.45) is 0. The van der Waals surface area contributed by atoms with Gasteiger partial charge in [-0.15, -0.1) is 0 Å². The lowest BCUT2D eigenvalue weighted by molar-refractivity contribution is 0.0777. The molecule has 0 spiro atoms. The Bertz CT molecular complexity index is 689. The molecular weight excluding hydrogens is 282 g/mol. The quantitative estimate of drug-likeness (QED) is 0.632. The third-order valence-electron chi connectivity index (χ3n) is 3.49. The molecule has 0 bridgehead atoms. The van der Waals surface area contributed by atoms with Crippen LogP contribution in [0.5, 0.6) is 0 Å². The van der Waals surface area contributed by atoms with Crippen LogP contribution in [0.2, 0.25) is 0 Å². The Labute approximate surface area is 128 Å². The topological polar surface area (TPSA) is 37.4 Å². The lowest BCUT2D eigenvalue weighted by Crippen LogP contribution is -2.22. The van der Waals surface area contributed by atoms with E-state index in [1.54, 1.807) is 24.3 Å². The van der Waals surface area contributed by atoms with Crippen molar-refractivity contribution >= 4 is 23.8 Å². The smallest absolute Gasteiger partial charge is 0.268 e. The van der Waals surface area contributed by atoms with E-state index in [0.717, 1.165) is 10.5 Å². The first-order valence-electron chi connectivity index (χ1n) is 6.84. The third kappa shape index (κ3) is 2.36. The Morgan fingerprint density at radius 3 is 1.95 bits per heavy atom. The third-order valence-corrected chi connectivity index (χ3v) is 4.57. The van der Waals surface area contributed by atoms with Gasteiger partial charge in [-0.2, -0.15) is 0 Å². The fraction of sp³-hybridized carbons (Fsp3) is 0.176. The second kappa shape index (κ2) is 5.37. The van der Waals surface area contributed by atoms with Crippen molar-refractivity contribution < 1.29 is 9.59 Å². The summed E-state index contributed by atoms with van der Waals surface area (Å²) in [5.74, 6) is -0.137.